The molecule has 0 aliphatic heterocycles. The van der Waals surface area contributed by atoms with Gasteiger partial charge in [0.05, 0.1) is 0 Å². The van der Waals surface area contributed by atoms with Gasteiger partial charge in [0.25, 0.3) is 0 Å². The third-order valence-electron chi connectivity index (χ3n) is 1.33. The van der Waals surface area contributed by atoms with Gasteiger partial charge in [0.15, 0.2) is 0 Å². The summed E-state index contributed by atoms with van der Waals surface area (Å²) in [4.78, 5) is 3.98. The van der Waals surface area contributed by atoms with Crippen molar-refractivity contribution in [3.05, 3.63) is 0 Å². The predicted molar refractivity (Wildman–Crippen MR) is 42.5 cm³/mol. The minimum absolute atomic E-state index is 0.731. The summed E-state index contributed by atoms with van der Waals surface area (Å²) >= 11 is 5.45. The molecule has 1 unspecified atom stereocenters. The normalized spacial score (nSPS) is 16.1. The molecule has 1 atom stereocenters. The van der Waals surface area contributed by atoms with E-state index in [9.17, 15) is 13.2 Å². The Morgan fingerprint density at radius 3 is 2.00 bits per heavy atom. The molecule has 0 bridgehead atoms. The summed E-state index contributed by atoms with van der Waals surface area (Å²) in [5.41, 5.74) is -0.731. The van der Waals surface area contributed by atoms with Gasteiger partial charge in [-0.2, -0.15) is 13.2 Å². The number of aliphatic imine (C=N–C) groups is 1. The third-order valence-corrected chi connectivity index (χ3v) is 1.63. The first-order valence-corrected chi connectivity index (χ1v) is 3.65. The van der Waals surface area contributed by atoms with Gasteiger partial charge < -0.3 is 4.90 Å². The van der Waals surface area contributed by atoms with Crippen LogP contribution in [-0.2, 0) is 0 Å². The zero-order valence-corrected chi connectivity index (χ0v) is 7.74. The molecular weight excluding hydrogens is 193 g/mol. The van der Waals surface area contributed by atoms with Crippen molar-refractivity contribution >= 4 is 17.4 Å². The van der Waals surface area contributed by atoms with Crippen LogP contribution in [0.2, 0.25) is 0 Å². The molecule has 0 rings (SSSR count). The zero-order chi connectivity index (χ0) is 9.94. The van der Waals surface area contributed by atoms with E-state index in [-0.39, 0.29) is 0 Å². The minimum atomic E-state index is -4.44. The van der Waals surface area contributed by atoms with E-state index in [1.807, 2.05) is 0 Å². The lowest BCUT2D eigenvalue weighted by Crippen LogP contribution is -2.41. The number of rotatable bonds is 1. The van der Waals surface area contributed by atoms with Gasteiger partial charge >= 0.3 is 6.18 Å². The minimum Gasteiger partial charge on any atom is -0.340 e. The van der Waals surface area contributed by atoms with Crippen molar-refractivity contribution in [3.8, 4) is 0 Å². The van der Waals surface area contributed by atoms with Crippen molar-refractivity contribution in [2.45, 2.75) is 18.6 Å². The van der Waals surface area contributed by atoms with Gasteiger partial charge in [-0.1, -0.05) is 11.6 Å². The number of alkyl halides is 4. The summed E-state index contributed by atoms with van der Waals surface area (Å²) in [6, 6.07) is 0. The molecule has 0 amide bonds. The van der Waals surface area contributed by atoms with Gasteiger partial charge in [-0.15, -0.1) is 0 Å². The topological polar surface area (TPSA) is 15.6 Å². The molecule has 0 aliphatic rings. The molecule has 0 spiro atoms. The van der Waals surface area contributed by atoms with Crippen LogP contribution in [0.3, 0.4) is 0 Å². The Bertz CT molecular complexity index is 176. The van der Waals surface area contributed by atoms with Crippen LogP contribution in [0, 0.1) is 0 Å². The Morgan fingerprint density at radius 1 is 1.50 bits per heavy atom. The van der Waals surface area contributed by atoms with Gasteiger partial charge in [-0.3, -0.25) is 4.99 Å². The van der Waals surface area contributed by atoms with Crippen molar-refractivity contribution < 1.29 is 13.2 Å². The van der Waals surface area contributed by atoms with E-state index < -0.39 is 17.5 Å². The van der Waals surface area contributed by atoms with Gasteiger partial charge in [0.1, 0.15) is 5.50 Å². The standard InChI is InChI=1S/C6H10ClF3N2/c1-4(7)12(3)5(11-2)6(8,9)10/h4H,1-3H3/b11-5-. The lowest BCUT2D eigenvalue weighted by Gasteiger charge is -2.24. The fourth-order valence-electron chi connectivity index (χ4n) is 0.653. The lowest BCUT2D eigenvalue weighted by atomic mass is 10.5. The van der Waals surface area contributed by atoms with Crippen LogP contribution in [0.5, 0.6) is 0 Å². The average molecular weight is 203 g/mol. The monoisotopic (exact) mass is 202 g/mol. The van der Waals surface area contributed by atoms with Crippen molar-refractivity contribution in [2.75, 3.05) is 14.1 Å². The molecule has 12 heavy (non-hydrogen) atoms. The van der Waals surface area contributed by atoms with Crippen LogP contribution in [0.1, 0.15) is 6.92 Å². The van der Waals surface area contributed by atoms with E-state index in [4.69, 9.17) is 11.6 Å². The molecule has 0 saturated heterocycles. The van der Waals surface area contributed by atoms with E-state index in [0.717, 1.165) is 11.9 Å². The molecule has 0 N–H and O–H groups in total. The molecule has 2 nitrogen and oxygen atoms in total. The Morgan fingerprint density at radius 2 is 1.92 bits per heavy atom. The van der Waals surface area contributed by atoms with Crippen LogP contribution in [0.4, 0.5) is 13.2 Å². The Kier molecular flexibility index (Phi) is 3.83. The summed E-state index contributed by atoms with van der Waals surface area (Å²) < 4.78 is 36.3. The average Bonchev–Trinajstić information content (AvgIpc) is 1.85. The Balaban J connectivity index is 4.60. The largest absolute Gasteiger partial charge is 0.449 e. The highest BCUT2D eigenvalue weighted by Gasteiger charge is 2.39. The smallest absolute Gasteiger partial charge is 0.340 e. The van der Waals surface area contributed by atoms with E-state index in [0.29, 0.717) is 0 Å². The summed E-state index contributed by atoms with van der Waals surface area (Å²) in [7, 11) is 2.33. The predicted octanol–water partition coefficient (Wildman–Crippen LogP) is 2.09. The highest BCUT2D eigenvalue weighted by atomic mass is 35.5. The molecule has 72 valence electrons. The Labute approximate surface area is 74.0 Å². The number of nitrogens with zero attached hydrogens (tertiary/aromatic N) is 2. The van der Waals surface area contributed by atoms with Crippen LogP contribution >= 0.6 is 11.6 Å². The maximum Gasteiger partial charge on any atom is 0.449 e. The second-order valence-electron chi connectivity index (χ2n) is 2.23. The van der Waals surface area contributed by atoms with Crippen LogP contribution in [-0.4, -0.2) is 36.5 Å². The summed E-state index contributed by atoms with van der Waals surface area (Å²) in [5, 5.41) is 0. The Hall–Kier alpha value is -0.450. The number of hydrogen-bond donors (Lipinski definition) is 0. The molecule has 0 aromatic carbocycles. The molecule has 0 saturated carbocycles. The molecule has 0 fully saturated rings. The van der Waals surface area contributed by atoms with E-state index in [1.54, 1.807) is 0 Å². The van der Waals surface area contributed by atoms with Crippen molar-refractivity contribution in [2.24, 2.45) is 4.99 Å². The van der Waals surface area contributed by atoms with Crippen LogP contribution in [0.25, 0.3) is 0 Å². The van der Waals surface area contributed by atoms with Gasteiger partial charge in [-0.05, 0) is 6.92 Å². The second kappa shape index (κ2) is 3.98. The van der Waals surface area contributed by atoms with Crippen molar-refractivity contribution in [1.82, 2.24) is 4.90 Å². The second-order valence-corrected chi connectivity index (χ2v) is 2.86. The highest BCUT2D eigenvalue weighted by Crippen LogP contribution is 2.20. The number of halogens is 4. The summed E-state index contributed by atoms with van der Waals surface area (Å²) in [6.07, 6.45) is -4.44. The van der Waals surface area contributed by atoms with E-state index in [2.05, 4.69) is 4.99 Å². The first-order chi connectivity index (χ1) is 5.30. The van der Waals surface area contributed by atoms with Gasteiger partial charge in [-0.25, -0.2) is 0 Å². The van der Waals surface area contributed by atoms with Crippen LogP contribution in [0.15, 0.2) is 4.99 Å². The fourth-order valence-corrected chi connectivity index (χ4v) is 0.745. The zero-order valence-electron chi connectivity index (χ0n) is 6.98. The summed E-state index contributed by atoms with van der Waals surface area (Å²) in [5.74, 6) is -0.968. The fraction of sp³-hybridized carbons (Fsp3) is 0.833. The van der Waals surface area contributed by atoms with Crippen molar-refractivity contribution in [3.63, 3.8) is 0 Å². The molecular formula is C6H10ClF3N2. The SMILES string of the molecule is C/N=C(\N(C)C(C)Cl)C(F)(F)F. The molecule has 0 radical (unpaired) electrons. The number of amidine groups is 1. The quantitative estimate of drug-likeness (QED) is 0.275. The first-order valence-electron chi connectivity index (χ1n) is 3.21. The molecule has 0 aromatic heterocycles. The highest BCUT2D eigenvalue weighted by molar-refractivity contribution is 6.21. The van der Waals surface area contributed by atoms with Crippen molar-refractivity contribution in [1.29, 1.82) is 0 Å². The molecule has 0 aromatic rings. The molecule has 0 aliphatic carbocycles. The van der Waals surface area contributed by atoms with Gasteiger partial charge in [0, 0.05) is 14.1 Å². The third kappa shape index (κ3) is 2.89. The summed E-state index contributed by atoms with van der Waals surface area (Å²) in [6.45, 7) is 1.44. The maximum atomic E-state index is 12.1. The maximum absolute atomic E-state index is 12.1. The molecule has 6 heteroatoms. The lowest BCUT2D eigenvalue weighted by molar-refractivity contribution is -0.0682. The van der Waals surface area contributed by atoms with Crippen LogP contribution < -0.4 is 0 Å². The first kappa shape index (κ1) is 11.6. The molecule has 0 heterocycles. The van der Waals surface area contributed by atoms with Gasteiger partial charge in [0.2, 0.25) is 5.84 Å². The number of hydrogen-bond acceptors (Lipinski definition) is 1. The van der Waals surface area contributed by atoms with E-state index >= 15 is 0 Å². The van der Waals surface area contributed by atoms with E-state index in [1.165, 1.54) is 14.0 Å².